The van der Waals surface area contributed by atoms with Crippen LogP contribution in [0.2, 0.25) is 0 Å². The number of ether oxygens (including phenoxy) is 1. The predicted octanol–water partition coefficient (Wildman–Crippen LogP) is 4.02. The number of anilines is 1. The Labute approximate surface area is 113 Å². The number of halogens is 1. The fourth-order valence-corrected chi connectivity index (χ4v) is 1.77. The molecule has 2 aromatic rings. The Morgan fingerprint density at radius 2 is 1.89 bits per heavy atom. The molecule has 0 amide bonds. The highest BCUT2D eigenvalue weighted by atomic mass is 19.1. The smallest absolute Gasteiger partial charge is 0.126 e. The second-order valence-corrected chi connectivity index (χ2v) is 4.41. The van der Waals surface area contributed by atoms with Crippen LogP contribution in [-0.2, 0) is 0 Å². The largest absolute Gasteiger partial charge is 0.494 e. The van der Waals surface area contributed by atoms with E-state index in [1.165, 1.54) is 6.07 Å². The van der Waals surface area contributed by atoms with Gasteiger partial charge in [-0.1, -0.05) is 18.2 Å². The molecule has 3 heteroatoms. The number of para-hydroxylation sites is 1. The molecule has 2 nitrogen and oxygen atoms in total. The number of nitrogens with one attached hydrogen (secondary N) is 1. The number of hydrogen-bond acceptors (Lipinski definition) is 2. The van der Waals surface area contributed by atoms with Crippen molar-refractivity contribution in [2.75, 3.05) is 18.5 Å². The number of hydrogen-bond donors (Lipinski definition) is 1. The second-order valence-electron chi connectivity index (χ2n) is 4.41. The van der Waals surface area contributed by atoms with Gasteiger partial charge in [-0.3, -0.25) is 0 Å². The summed E-state index contributed by atoms with van der Waals surface area (Å²) in [7, 11) is 0. The Kier molecular flexibility index (Phi) is 4.78. The first-order chi connectivity index (χ1) is 9.25. The van der Waals surface area contributed by atoms with Gasteiger partial charge in [0.15, 0.2) is 0 Å². The molecule has 0 saturated carbocycles. The Balaban J connectivity index is 1.68. The summed E-state index contributed by atoms with van der Waals surface area (Å²) in [5.74, 6) is 0.720. The van der Waals surface area contributed by atoms with Crippen LogP contribution < -0.4 is 10.1 Å². The van der Waals surface area contributed by atoms with E-state index < -0.39 is 0 Å². The van der Waals surface area contributed by atoms with E-state index in [0.717, 1.165) is 24.4 Å². The standard InChI is InChI=1S/C16H18FNO/c1-13-12-14(8-9-16(13)17)18-10-5-11-19-15-6-3-2-4-7-15/h2-4,6-9,12,18H,5,10-11H2,1H3. The lowest BCUT2D eigenvalue weighted by Crippen LogP contribution is -2.07. The third-order valence-corrected chi connectivity index (χ3v) is 2.82. The SMILES string of the molecule is Cc1cc(NCCCOc2ccccc2)ccc1F. The predicted molar refractivity (Wildman–Crippen MR) is 76.2 cm³/mol. The molecule has 0 aliphatic carbocycles. The highest BCUT2D eigenvalue weighted by Crippen LogP contribution is 2.13. The van der Waals surface area contributed by atoms with E-state index in [1.54, 1.807) is 13.0 Å². The quantitative estimate of drug-likeness (QED) is 0.791. The second kappa shape index (κ2) is 6.78. The molecule has 0 saturated heterocycles. The van der Waals surface area contributed by atoms with Crippen molar-refractivity contribution in [3.05, 3.63) is 59.9 Å². The molecule has 0 bridgehead atoms. The van der Waals surface area contributed by atoms with E-state index in [-0.39, 0.29) is 5.82 Å². The van der Waals surface area contributed by atoms with Gasteiger partial charge in [-0.05, 0) is 49.2 Å². The van der Waals surface area contributed by atoms with Gasteiger partial charge in [0.25, 0.3) is 0 Å². The summed E-state index contributed by atoms with van der Waals surface area (Å²) < 4.78 is 18.7. The number of aryl methyl sites for hydroxylation is 1. The summed E-state index contributed by atoms with van der Waals surface area (Å²) >= 11 is 0. The molecule has 2 rings (SSSR count). The lowest BCUT2D eigenvalue weighted by atomic mass is 10.2. The zero-order valence-electron chi connectivity index (χ0n) is 11.0. The maximum Gasteiger partial charge on any atom is 0.126 e. The van der Waals surface area contributed by atoms with Crippen molar-refractivity contribution in [2.45, 2.75) is 13.3 Å². The highest BCUT2D eigenvalue weighted by Gasteiger charge is 1.98. The molecule has 100 valence electrons. The van der Waals surface area contributed by atoms with E-state index >= 15 is 0 Å². The molecule has 0 spiro atoms. The molecule has 0 heterocycles. The maximum absolute atomic E-state index is 13.1. The van der Waals surface area contributed by atoms with Gasteiger partial charge in [0.05, 0.1) is 6.61 Å². The summed E-state index contributed by atoms with van der Waals surface area (Å²) in [6.07, 6.45) is 0.894. The molecule has 0 aliphatic heterocycles. The summed E-state index contributed by atoms with van der Waals surface area (Å²) in [5.41, 5.74) is 1.60. The average molecular weight is 259 g/mol. The molecular formula is C16H18FNO. The number of rotatable bonds is 6. The molecule has 0 fully saturated rings. The molecule has 1 N–H and O–H groups in total. The van der Waals surface area contributed by atoms with Crippen LogP contribution >= 0.6 is 0 Å². The van der Waals surface area contributed by atoms with Gasteiger partial charge in [-0.25, -0.2) is 4.39 Å². The van der Waals surface area contributed by atoms with Crippen LogP contribution in [0.25, 0.3) is 0 Å². The fourth-order valence-electron chi connectivity index (χ4n) is 1.77. The maximum atomic E-state index is 13.1. The van der Waals surface area contributed by atoms with Gasteiger partial charge in [0.1, 0.15) is 11.6 Å². The van der Waals surface area contributed by atoms with E-state index in [4.69, 9.17) is 4.74 Å². The molecule has 0 aliphatic rings. The van der Waals surface area contributed by atoms with Gasteiger partial charge in [-0.2, -0.15) is 0 Å². The van der Waals surface area contributed by atoms with Crippen molar-refractivity contribution in [1.29, 1.82) is 0 Å². The van der Waals surface area contributed by atoms with Gasteiger partial charge < -0.3 is 10.1 Å². The van der Waals surface area contributed by atoms with E-state index in [2.05, 4.69) is 5.32 Å². The highest BCUT2D eigenvalue weighted by molar-refractivity contribution is 5.45. The molecule has 0 atom stereocenters. The van der Waals surface area contributed by atoms with Crippen LogP contribution in [0.1, 0.15) is 12.0 Å². The molecular weight excluding hydrogens is 241 g/mol. The summed E-state index contributed by atoms with van der Waals surface area (Å²) in [5, 5.41) is 3.25. The van der Waals surface area contributed by atoms with Crippen LogP contribution in [0.5, 0.6) is 5.75 Å². The first-order valence-electron chi connectivity index (χ1n) is 6.43. The van der Waals surface area contributed by atoms with Crippen molar-refractivity contribution in [1.82, 2.24) is 0 Å². The normalized spacial score (nSPS) is 10.2. The summed E-state index contributed by atoms with van der Waals surface area (Å²) in [6, 6.07) is 14.8. The first-order valence-corrected chi connectivity index (χ1v) is 6.43. The topological polar surface area (TPSA) is 21.3 Å². The first kappa shape index (κ1) is 13.4. The average Bonchev–Trinajstić information content (AvgIpc) is 2.43. The molecule has 2 aromatic carbocycles. The third kappa shape index (κ3) is 4.28. The van der Waals surface area contributed by atoms with Crippen molar-refractivity contribution in [2.24, 2.45) is 0 Å². The lowest BCUT2D eigenvalue weighted by molar-refractivity contribution is 0.315. The monoisotopic (exact) mass is 259 g/mol. The molecule has 0 aromatic heterocycles. The van der Waals surface area contributed by atoms with E-state index in [1.807, 2.05) is 36.4 Å². The molecule has 19 heavy (non-hydrogen) atoms. The molecule has 0 unspecified atom stereocenters. The Hall–Kier alpha value is -2.03. The third-order valence-electron chi connectivity index (χ3n) is 2.82. The van der Waals surface area contributed by atoms with Crippen molar-refractivity contribution in [3.63, 3.8) is 0 Å². The van der Waals surface area contributed by atoms with Crippen LogP contribution in [0.15, 0.2) is 48.5 Å². The van der Waals surface area contributed by atoms with Crippen molar-refractivity contribution >= 4 is 5.69 Å². The zero-order chi connectivity index (χ0) is 13.5. The molecule has 0 radical (unpaired) electrons. The van der Waals surface area contributed by atoms with Gasteiger partial charge in [0.2, 0.25) is 0 Å². The van der Waals surface area contributed by atoms with E-state index in [0.29, 0.717) is 12.2 Å². The van der Waals surface area contributed by atoms with Gasteiger partial charge in [0, 0.05) is 12.2 Å². The van der Waals surface area contributed by atoms with Crippen LogP contribution in [0, 0.1) is 12.7 Å². The Bertz CT molecular complexity index is 513. The Morgan fingerprint density at radius 1 is 1.11 bits per heavy atom. The van der Waals surface area contributed by atoms with Crippen molar-refractivity contribution in [3.8, 4) is 5.75 Å². The van der Waals surface area contributed by atoms with Crippen LogP contribution in [0.3, 0.4) is 0 Å². The zero-order valence-corrected chi connectivity index (χ0v) is 11.0. The van der Waals surface area contributed by atoms with Gasteiger partial charge >= 0.3 is 0 Å². The minimum Gasteiger partial charge on any atom is -0.494 e. The minimum absolute atomic E-state index is 0.169. The number of benzene rings is 2. The minimum atomic E-state index is -0.169. The van der Waals surface area contributed by atoms with Crippen molar-refractivity contribution < 1.29 is 9.13 Å². The van der Waals surface area contributed by atoms with Crippen LogP contribution in [-0.4, -0.2) is 13.2 Å². The summed E-state index contributed by atoms with van der Waals surface area (Å²) in [6.45, 7) is 3.23. The van der Waals surface area contributed by atoms with E-state index in [9.17, 15) is 4.39 Å². The van der Waals surface area contributed by atoms with Crippen LogP contribution in [0.4, 0.5) is 10.1 Å². The fraction of sp³-hybridized carbons (Fsp3) is 0.250. The summed E-state index contributed by atoms with van der Waals surface area (Å²) in [4.78, 5) is 0. The van der Waals surface area contributed by atoms with Gasteiger partial charge in [-0.15, -0.1) is 0 Å². The Morgan fingerprint density at radius 3 is 2.63 bits per heavy atom. The lowest BCUT2D eigenvalue weighted by Gasteiger charge is -2.09.